The quantitative estimate of drug-likeness (QED) is 0.409. The standard InChI is InChI=1S/C23H28N6O5/c1-2-3-10-34-22(32)14-4-6-15(7-5-14)25-21(31)16-13-17(30)26-20-18(16)19(24)27-23(28-20)29-8-11-33-12-9-29/h4-7,16H,2-3,8-13H2,1H3,(H,25,31)(H3,24,26,27,28,30). The van der Waals surface area contributed by atoms with Gasteiger partial charge in [-0.1, -0.05) is 13.3 Å². The summed E-state index contributed by atoms with van der Waals surface area (Å²) in [5.41, 5.74) is 7.49. The van der Waals surface area contributed by atoms with Crippen molar-refractivity contribution >= 4 is 41.1 Å². The zero-order valence-electron chi connectivity index (χ0n) is 19.0. The summed E-state index contributed by atoms with van der Waals surface area (Å²) in [6.45, 7) is 4.70. The number of nitrogens with one attached hydrogen (secondary N) is 2. The van der Waals surface area contributed by atoms with Gasteiger partial charge in [-0.05, 0) is 30.7 Å². The number of hydrogen-bond acceptors (Lipinski definition) is 9. The summed E-state index contributed by atoms with van der Waals surface area (Å²) in [7, 11) is 0. The van der Waals surface area contributed by atoms with Crippen LogP contribution in [0.2, 0.25) is 0 Å². The third-order valence-electron chi connectivity index (χ3n) is 5.69. The summed E-state index contributed by atoms with van der Waals surface area (Å²) >= 11 is 0. The van der Waals surface area contributed by atoms with Crippen LogP contribution in [-0.4, -0.2) is 60.7 Å². The molecule has 0 bridgehead atoms. The van der Waals surface area contributed by atoms with Gasteiger partial charge in [-0.3, -0.25) is 9.59 Å². The number of fused-ring (bicyclic) bond motifs is 1. The Morgan fingerprint density at radius 2 is 1.97 bits per heavy atom. The molecule has 4 rings (SSSR count). The molecule has 2 amide bonds. The molecular formula is C23H28N6O5. The van der Waals surface area contributed by atoms with E-state index < -0.39 is 17.8 Å². The van der Waals surface area contributed by atoms with Crippen molar-refractivity contribution in [2.24, 2.45) is 0 Å². The topological polar surface area (TPSA) is 149 Å². The van der Waals surface area contributed by atoms with E-state index in [4.69, 9.17) is 15.2 Å². The summed E-state index contributed by atoms with van der Waals surface area (Å²) in [4.78, 5) is 48.3. The van der Waals surface area contributed by atoms with Gasteiger partial charge in [-0.15, -0.1) is 0 Å². The van der Waals surface area contributed by atoms with Crippen LogP contribution in [0.1, 0.15) is 48.0 Å². The number of nitrogens with zero attached hydrogens (tertiary/aromatic N) is 3. The van der Waals surface area contributed by atoms with Crippen molar-refractivity contribution in [2.75, 3.05) is 54.2 Å². The van der Waals surface area contributed by atoms with Crippen LogP contribution in [0.15, 0.2) is 24.3 Å². The number of nitrogens with two attached hydrogens (primary N) is 1. The predicted octanol–water partition coefficient (Wildman–Crippen LogP) is 1.92. The second-order valence-corrected chi connectivity index (χ2v) is 8.13. The number of anilines is 4. The number of carbonyl (C=O) groups excluding carboxylic acids is 3. The Labute approximate surface area is 197 Å². The minimum Gasteiger partial charge on any atom is -0.462 e. The Hall–Kier alpha value is -3.73. The van der Waals surface area contributed by atoms with Crippen LogP contribution < -0.4 is 21.3 Å². The maximum atomic E-state index is 13.1. The molecule has 11 heteroatoms. The first-order valence-corrected chi connectivity index (χ1v) is 11.3. The van der Waals surface area contributed by atoms with E-state index in [1.807, 2.05) is 11.8 Å². The van der Waals surface area contributed by atoms with Crippen molar-refractivity contribution in [1.82, 2.24) is 9.97 Å². The lowest BCUT2D eigenvalue weighted by Crippen LogP contribution is -2.38. The maximum absolute atomic E-state index is 13.1. The molecule has 1 atom stereocenters. The normalized spacial score (nSPS) is 17.5. The number of ether oxygens (including phenoxy) is 2. The number of hydrogen-bond donors (Lipinski definition) is 3. The Kier molecular flexibility index (Phi) is 7.21. The van der Waals surface area contributed by atoms with Crippen molar-refractivity contribution < 1.29 is 23.9 Å². The molecule has 0 spiro atoms. The van der Waals surface area contributed by atoms with Crippen LogP contribution in [0.4, 0.5) is 23.3 Å². The number of unbranched alkanes of at least 4 members (excludes halogenated alkanes) is 1. The zero-order chi connectivity index (χ0) is 24.1. The van der Waals surface area contributed by atoms with E-state index >= 15 is 0 Å². The highest BCUT2D eigenvalue weighted by molar-refractivity contribution is 6.05. The largest absolute Gasteiger partial charge is 0.462 e. The van der Waals surface area contributed by atoms with E-state index in [9.17, 15) is 14.4 Å². The molecular weight excluding hydrogens is 440 g/mol. The van der Waals surface area contributed by atoms with Gasteiger partial charge in [0.15, 0.2) is 0 Å². The minimum absolute atomic E-state index is 0.0782. The second kappa shape index (κ2) is 10.5. The maximum Gasteiger partial charge on any atom is 0.338 e. The highest BCUT2D eigenvalue weighted by atomic mass is 16.5. The number of morpholine rings is 1. The van der Waals surface area contributed by atoms with Crippen LogP contribution in [0.5, 0.6) is 0 Å². The average Bonchev–Trinajstić information content (AvgIpc) is 2.84. The van der Waals surface area contributed by atoms with E-state index in [-0.39, 0.29) is 24.0 Å². The Balaban J connectivity index is 1.49. The van der Waals surface area contributed by atoms with Gasteiger partial charge >= 0.3 is 5.97 Å². The summed E-state index contributed by atoms with van der Waals surface area (Å²) in [5.74, 6) is -1.21. The van der Waals surface area contributed by atoms with E-state index in [2.05, 4.69) is 20.6 Å². The molecule has 1 saturated heterocycles. The molecule has 2 aliphatic rings. The highest BCUT2D eigenvalue weighted by Gasteiger charge is 2.35. The van der Waals surface area contributed by atoms with Crippen LogP contribution in [0.3, 0.4) is 0 Å². The third-order valence-corrected chi connectivity index (χ3v) is 5.69. The molecule has 11 nitrogen and oxygen atoms in total. The lowest BCUT2D eigenvalue weighted by atomic mass is 9.92. The molecule has 4 N–H and O–H groups in total. The summed E-state index contributed by atoms with van der Waals surface area (Å²) < 4.78 is 10.5. The lowest BCUT2D eigenvalue weighted by Gasteiger charge is -2.30. The lowest BCUT2D eigenvalue weighted by molar-refractivity contribution is -0.123. The van der Waals surface area contributed by atoms with Gasteiger partial charge in [0.1, 0.15) is 11.6 Å². The Morgan fingerprint density at radius 3 is 2.68 bits per heavy atom. The van der Waals surface area contributed by atoms with E-state index in [1.54, 1.807) is 24.3 Å². The first kappa shape index (κ1) is 23.4. The summed E-state index contributed by atoms with van der Waals surface area (Å²) in [6.07, 6.45) is 1.66. The van der Waals surface area contributed by atoms with Gasteiger partial charge in [0.25, 0.3) is 0 Å². The molecule has 2 aliphatic heterocycles. The van der Waals surface area contributed by atoms with Gasteiger partial charge in [-0.2, -0.15) is 9.97 Å². The fourth-order valence-corrected chi connectivity index (χ4v) is 3.82. The Morgan fingerprint density at radius 1 is 1.24 bits per heavy atom. The molecule has 1 unspecified atom stereocenters. The first-order chi connectivity index (χ1) is 16.5. The Bertz CT molecular complexity index is 1070. The second-order valence-electron chi connectivity index (χ2n) is 8.13. The molecule has 0 aliphatic carbocycles. The van der Waals surface area contributed by atoms with E-state index in [0.717, 1.165) is 12.8 Å². The molecule has 2 aromatic rings. The monoisotopic (exact) mass is 468 g/mol. The highest BCUT2D eigenvalue weighted by Crippen LogP contribution is 2.36. The number of rotatable bonds is 7. The number of nitrogen functional groups attached to an aromatic ring is 1. The summed E-state index contributed by atoms with van der Waals surface area (Å²) in [6, 6.07) is 6.38. The SMILES string of the molecule is CCCCOC(=O)c1ccc(NC(=O)C2CC(=O)Nc3nc(N4CCOCC4)nc(N)c32)cc1. The molecule has 3 heterocycles. The number of esters is 1. The van der Waals surface area contributed by atoms with Crippen LogP contribution in [-0.2, 0) is 19.1 Å². The molecule has 34 heavy (non-hydrogen) atoms. The predicted molar refractivity (Wildman–Crippen MR) is 126 cm³/mol. The van der Waals surface area contributed by atoms with Gasteiger partial charge < -0.3 is 30.7 Å². The van der Waals surface area contributed by atoms with Crippen LogP contribution >= 0.6 is 0 Å². The van der Waals surface area contributed by atoms with Crippen molar-refractivity contribution in [3.63, 3.8) is 0 Å². The van der Waals surface area contributed by atoms with Gasteiger partial charge in [-0.25, -0.2) is 4.79 Å². The van der Waals surface area contributed by atoms with Crippen LogP contribution in [0, 0.1) is 0 Å². The number of aromatic nitrogens is 2. The number of benzene rings is 1. The molecule has 1 aromatic carbocycles. The fraction of sp³-hybridized carbons (Fsp3) is 0.435. The van der Waals surface area contributed by atoms with Gasteiger partial charge in [0.05, 0.1) is 36.9 Å². The van der Waals surface area contributed by atoms with Gasteiger partial charge in [0, 0.05) is 25.2 Å². The molecule has 180 valence electrons. The molecule has 1 fully saturated rings. The smallest absolute Gasteiger partial charge is 0.338 e. The average molecular weight is 469 g/mol. The number of amides is 2. The van der Waals surface area contributed by atoms with Crippen molar-refractivity contribution in [1.29, 1.82) is 0 Å². The molecule has 0 saturated carbocycles. The zero-order valence-corrected chi connectivity index (χ0v) is 19.0. The van der Waals surface area contributed by atoms with Crippen molar-refractivity contribution in [2.45, 2.75) is 32.1 Å². The van der Waals surface area contributed by atoms with Gasteiger partial charge in [0.2, 0.25) is 17.8 Å². The summed E-state index contributed by atoms with van der Waals surface area (Å²) in [5, 5.41) is 5.50. The van der Waals surface area contributed by atoms with Crippen molar-refractivity contribution in [3.05, 3.63) is 35.4 Å². The first-order valence-electron chi connectivity index (χ1n) is 11.3. The van der Waals surface area contributed by atoms with Crippen LogP contribution in [0.25, 0.3) is 0 Å². The third kappa shape index (κ3) is 5.25. The van der Waals surface area contributed by atoms with E-state index in [1.165, 1.54) is 0 Å². The minimum atomic E-state index is -0.846. The van der Waals surface area contributed by atoms with Crippen molar-refractivity contribution in [3.8, 4) is 0 Å². The van der Waals surface area contributed by atoms with E-state index in [0.29, 0.717) is 55.7 Å². The number of carbonyl (C=O) groups is 3. The molecule has 0 radical (unpaired) electrons. The molecule has 1 aromatic heterocycles. The fourth-order valence-electron chi connectivity index (χ4n) is 3.82.